The van der Waals surface area contributed by atoms with Crippen LogP contribution in [0.4, 0.5) is 11.9 Å². The Morgan fingerprint density at radius 1 is 1.14 bits per heavy atom. The quantitative estimate of drug-likeness (QED) is 0.873. The highest BCUT2D eigenvalue weighted by atomic mass is 16.2. The third-order valence-corrected chi connectivity index (χ3v) is 3.14. The third kappa shape index (κ3) is 4.54. The fourth-order valence-corrected chi connectivity index (χ4v) is 1.84. The number of amides is 1. The van der Waals surface area contributed by atoms with E-state index in [4.69, 9.17) is 5.73 Å². The normalized spacial score (nSPS) is 11.3. The van der Waals surface area contributed by atoms with E-state index in [0.717, 1.165) is 0 Å². The van der Waals surface area contributed by atoms with Crippen molar-refractivity contribution in [3.05, 3.63) is 5.82 Å². The lowest BCUT2D eigenvalue weighted by molar-refractivity contribution is -0.129. The highest BCUT2D eigenvalue weighted by molar-refractivity contribution is 5.80. The van der Waals surface area contributed by atoms with Crippen LogP contribution < -0.4 is 10.6 Å². The fraction of sp³-hybridized carbons (Fsp3) is 0.714. The molecule has 1 aromatic heterocycles. The summed E-state index contributed by atoms with van der Waals surface area (Å²) in [5.41, 5.74) is 5.53. The molecule has 0 atom stereocenters. The first kappa shape index (κ1) is 17.1. The zero-order chi connectivity index (χ0) is 16.2. The molecule has 2 N–H and O–H groups in total. The van der Waals surface area contributed by atoms with Gasteiger partial charge in [0.05, 0.1) is 6.54 Å². The van der Waals surface area contributed by atoms with Crippen molar-refractivity contribution >= 4 is 17.8 Å². The van der Waals surface area contributed by atoms with Gasteiger partial charge in [-0.05, 0) is 13.8 Å². The molecule has 0 aromatic carbocycles. The number of hydrogen-bond acceptors (Lipinski definition) is 6. The van der Waals surface area contributed by atoms with Crippen LogP contribution in [0.1, 0.15) is 40.4 Å². The van der Waals surface area contributed by atoms with E-state index in [9.17, 15) is 4.79 Å². The Morgan fingerprint density at radius 2 is 1.71 bits per heavy atom. The molecule has 1 heterocycles. The lowest BCUT2D eigenvalue weighted by Gasteiger charge is -2.24. The van der Waals surface area contributed by atoms with Crippen LogP contribution in [0.3, 0.4) is 0 Å². The van der Waals surface area contributed by atoms with Gasteiger partial charge in [0.2, 0.25) is 17.8 Å². The van der Waals surface area contributed by atoms with Gasteiger partial charge in [-0.15, -0.1) is 0 Å². The van der Waals surface area contributed by atoms with E-state index in [1.165, 1.54) is 0 Å². The number of hydrogen-bond donors (Lipinski definition) is 1. The number of nitrogen functional groups attached to an aromatic ring is 1. The molecule has 0 spiro atoms. The van der Waals surface area contributed by atoms with Crippen molar-refractivity contribution in [3.8, 4) is 0 Å². The third-order valence-electron chi connectivity index (χ3n) is 3.14. The summed E-state index contributed by atoms with van der Waals surface area (Å²) < 4.78 is 0. The van der Waals surface area contributed by atoms with Crippen molar-refractivity contribution in [2.75, 3.05) is 37.3 Å². The monoisotopic (exact) mass is 294 g/mol. The summed E-state index contributed by atoms with van der Waals surface area (Å²) in [4.78, 5) is 28.3. The number of anilines is 2. The number of nitrogens with two attached hydrogens (primary N) is 1. The van der Waals surface area contributed by atoms with Crippen LogP contribution in [-0.2, 0) is 10.2 Å². The zero-order valence-corrected chi connectivity index (χ0v) is 13.8. The molecule has 1 aromatic rings. The Bertz CT molecular complexity index is 493. The number of likely N-dealkylation sites (N-methyl/N-ethyl adjacent to an activating group) is 2. The molecule has 0 saturated carbocycles. The SMILES string of the molecule is CCN(CC)C(=O)CN(C)c1nc(N)nc(C(C)(C)C)n1. The Kier molecular flexibility index (Phi) is 5.46. The average molecular weight is 294 g/mol. The first-order chi connectivity index (χ1) is 9.68. The van der Waals surface area contributed by atoms with Crippen LogP contribution in [-0.4, -0.2) is 52.4 Å². The highest BCUT2D eigenvalue weighted by Crippen LogP contribution is 2.20. The van der Waals surface area contributed by atoms with Crippen LogP contribution in [0.2, 0.25) is 0 Å². The van der Waals surface area contributed by atoms with Gasteiger partial charge in [0.15, 0.2) is 0 Å². The van der Waals surface area contributed by atoms with Crippen molar-refractivity contribution in [1.29, 1.82) is 0 Å². The standard InChI is InChI=1S/C14H26N6O/c1-7-20(8-2)10(21)9-19(6)13-17-11(14(3,4)5)16-12(15)18-13/h7-9H2,1-6H3,(H2,15,16,17,18). The van der Waals surface area contributed by atoms with E-state index in [0.29, 0.717) is 24.9 Å². The maximum atomic E-state index is 12.1. The summed E-state index contributed by atoms with van der Waals surface area (Å²) in [5, 5.41) is 0. The van der Waals surface area contributed by atoms with Crippen molar-refractivity contribution in [2.45, 2.75) is 40.0 Å². The van der Waals surface area contributed by atoms with Crippen molar-refractivity contribution in [3.63, 3.8) is 0 Å². The summed E-state index contributed by atoms with van der Waals surface area (Å²) in [6.07, 6.45) is 0. The van der Waals surface area contributed by atoms with Gasteiger partial charge in [-0.25, -0.2) is 0 Å². The number of rotatable bonds is 5. The second kappa shape index (κ2) is 6.69. The number of nitrogens with zero attached hydrogens (tertiary/aromatic N) is 5. The lowest BCUT2D eigenvalue weighted by atomic mass is 9.96. The van der Waals surface area contributed by atoms with Crippen LogP contribution in [0.15, 0.2) is 0 Å². The largest absolute Gasteiger partial charge is 0.368 e. The van der Waals surface area contributed by atoms with Gasteiger partial charge in [-0.1, -0.05) is 20.8 Å². The Balaban J connectivity index is 2.95. The smallest absolute Gasteiger partial charge is 0.242 e. The molecule has 1 rings (SSSR count). The molecule has 0 aliphatic rings. The van der Waals surface area contributed by atoms with Gasteiger partial charge >= 0.3 is 0 Å². The average Bonchev–Trinajstić information content (AvgIpc) is 2.38. The van der Waals surface area contributed by atoms with Crippen LogP contribution in [0.25, 0.3) is 0 Å². The van der Waals surface area contributed by atoms with Gasteiger partial charge in [-0.2, -0.15) is 15.0 Å². The molecule has 118 valence electrons. The van der Waals surface area contributed by atoms with E-state index in [-0.39, 0.29) is 23.8 Å². The predicted octanol–water partition coefficient (Wildman–Crippen LogP) is 1.06. The molecule has 0 bridgehead atoms. The molecular formula is C14H26N6O. The molecule has 0 aliphatic heterocycles. The Labute approximate surface area is 126 Å². The minimum atomic E-state index is -0.227. The van der Waals surface area contributed by atoms with Crippen LogP contribution >= 0.6 is 0 Å². The topological polar surface area (TPSA) is 88.2 Å². The number of aromatic nitrogens is 3. The van der Waals surface area contributed by atoms with Gasteiger partial charge in [-0.3, -0.25) is 4.79 Å². The molecule has 7 nitrogen and oxygen atoms in total. The van der Waals surface area contributed by atoms with Gasteiger partial charge in [0, 0.05) is 25.6 Å². The molecule has 21 heavy (non-hydrogen) atoms. The zero-order valence-electron chi connectivity index (χ0n) is 13.8. The predicted molar refractivity (Wildman–Crippen MR) is 84.1 cm³/mol. The van der Waals surface area contributed by atoms with Crippen molar-refractivity contribution in [1.82, 2.24) is 19.9 Å². The molecule has 0 unspecified atom stereocenters. The van der Waals surface area contributed by atoms with Crippen LogP contribution in [0, 0.1) is 0 Å². The minimum Gasteiger partial charge on any atom is -0.368 e. The highest BCUT2D eigenvalue weighted by Gasteiger charge is 2.21. The van der Waals surface area contributed by atoms with Gasteiger partial charge < -0.3 is 15.5 Å². The summed E-state index contributed by atoms with van der Waals surface area (Å²) in [6.45, 7) is 11.5. The van der Waals surface area contributed by atoms with E-state index in [1.807, 2.05) is 34.6 Å². The van der Waals surface area contributed by atoms with Crippen molar-refractivity contribution < 1.29 is 4.79 Å². The van der Waals surface area contributed by atoms with Crippen molar-refractivity contribution in [2.24, 2.45) is 0 Å². The number of carbonyl (C=O) groups excluding carboxylic acids is 1. The molecule has 0 saturated heterocycles. The molecule has 7 heteroatoms. The second-order valence-electron chi connectivity index (χ2n) is 5.99. The Hall–Kier alpha value is -1.92. The molecule has 0 radical (unpaired) electrons. The maximum absolute atomic E-state index is 12.1. The second-order valence-corrected chi connectivity index (χ2v) is 5.99. The maximum Gasteiger partial charge on any atom is 0.242 e. The summed E-state index contributed by atoms with van der Waals surface area (Å²) in [7, 11) is 1.78. The Morgan fingerprint density at radius 3 is 2.19 bits per heavy atom. The van der Waals surface area contributed by atoms with Crippen LogP contribution in [0.5, 0.6) is 0 Å². The molecule has 0 fully saturated rings. The van der Waals surface area contributed by atoms with E-state index in [2.05, 4.69) is 15.0 Å². The van der Waals surface area contributed by atoms with E-state index < -0.39 is 0 Å². The van der Waals surface area contributed by atoms with Gasteiger partial charge in [0.1, 0.15) is 5.82 Å². The first-order valence-corrected chi connectivity index (χ1v) is 7.20. The van der Waals surface area contributed by atoms with E-state index >= 15 is 0 Å². The first-order valence-electron chi connectivity index (χ1n) is 7.20. The summed E-state index contributed by atoms with van der Waals surface area (Å²) in [6, 6.07) is 0. The molecule has 0 aliphatic carbocycles. The van der Waals surface area contributed by atoms with Gasteiger partial charge in [0.25, 0.3) is 0 Å². The fourth-order valence-electron chi connectivity index (χ4n) is 1.84. The lowest BCUT2D eigenvalue weighted by Crippen LogP contribution is -2.39. The summed E-state index contributed by atoms with van der Waals surface area (Å²) in [5.74, 6) is 1.26. The van der Waals surface area contributed by atoms with E-state index in [1.54, 1.807) is 16.8 Å². The molecular weight excluding hydrogens is 268 g/mol. The minimum absolute atomic E-state index is 0.0405. The molecule has 1 amide bonds. The number of carbonyl (C=O) groups is 1. The summed E-state index contributed by atoms with van der Waals surface area (Å²) >= 11 is 0.